The highest BCUT2D eigenvalue weighted by Gasteiger charge is 2.20. The largest absolute Gasteiger partial charge is 0.488 e. The zero-order valence-electron chi connectivity index (χ0n) is 30.2. The Kier molecular flexibility index (Phi) is 12.6. The van der Waals surface area contributed by atoms with E-state index in [1.807, 2.05) is 23.9 Å². The average Bonchev–Trinajstić information content (AvgIpc) is 3.65. The Balaban J connectivity index is 1.21. The van der Waals surface area contributed by atoms with Gasteiger partial charge in [0.2, 0.25) is 0 Å². The number of nitrogens with zero attached hydrogens (tertiary/aromatic N) is 4. The lowest BCUT2D eigenvalue weighted by Crippen LogP contribution is -2.29. The van der Waals surface area contributed by atoms with Gasteiger partial charge in [0.25, 0.3) is 0 Å². The number of carboxylic acid groups (broad SMARTS) is 1. The first-order chi connectivity index (χ1) is 25.7. The number of carbonyl (C=O) groups is 1. The summed E-state index contributed by atoms with van der Waals surface area (Å²) in [5, 5.41) is 38.1. The van der Waals surface area contributed by atoms with Gasteiger partial charge in [-0.15, -0.1) is 5.10 Å². The Bertz CT molecular complexity index is 2030. The van der Waals surface area contributed by atoms with Crippen LogP contribution in [0.15, 0.2) is 73.2 Å². The molecule has 5 aromatic rings. The molecular weight excluding hydrogens is 694 g/mol. The number of aromatic nitrogens is 4. The Labute approximate surface area is 314 Å². The Morgan fingerprint density at radius 3 is 2.49 bits per heavy atom. The first-order valence-corrected chi connectivity index (χ1v) is 18.2. The quantitative estimate of drug-likeness (QED) is 0.0772. The van der Waals surface area contributed by atoms with Crippen molar-refractivity contribution in [2.45, 2.75) is 65.0 Å². The first kappa shape index (κ1) is 37.7. The molecule has 1 atom stereocenters. The highest BCUT2D eigenvalue weighted by molar-refractivity contribution is 6.32. The van der Waals surface area contributed by atoms with Crippen LogP contribution in [0.2, 0.25) is 5.02 Å². The van der Waals surface area contributed by atoms with Gasteiger partial charge in [0.05, 0.1) is 35.5 Å². The van der Waals surface area contributed by atoms with Gasteiger partial charge in [0.15, 0.2) is 0 Å². The third-order valence-electron chi connectivity index (χ3n) is 9.62. The number of pyridine rings is 1. The maximum absolute atomic E-state index is 11.0. The fourth-order valence-corrected chi connectivity index (χ4v) is 6.85. The van der Waals surface area contributed by atoms with Crippen LogP contribution in [0.5, 0.6) is 11.5 Å². The molecule has 12 nitrogen and oxygen atoms in total. The maximum atomic E-state index is 11.0. The molecule has 0 aliphatic carbocycles. The van der Waals surface area contributed by atoms with E-state index in [0.29, 0.717) is 22.6 Å². The van der Waals surface area contributed by atoms with E-state index < -0.39 is 12.1 Å². The van der Waals surface area contributed by atoms with Crippen molar-refractivity contribution < 1.29 is 24.5 Å². The third-order valence-corrected chi connectivity index (χ3v) is 9.92. The summed E-state index contributed by atoms with van der Waals surface area (Å²) in [6, 6.07) is 18.4. The number of aliphatic hydroxyl groups is 1. The fourth-order valence-electron chi connectivity index (χ4n) is 6.61. The van der Waals surface area contributed by atoms with Crippen LogP contribution in [0.4, 0.5) is 5.69 Å². The molecule has 13 heteroatoms. The van der Waals surface area contributed by atoms with Crippen LogP contribution in [0.25, 0.3) is 22.4 Å². The van der Waals surface area contributed by atoms with Crippen molar-refractivity contribution in [2.24, 2.45) is 0 Å². The number of ether oxygens (including phenoxy) is 2. The summed E-state index contributed by atoms with van der Waals surface area (Å²) < 4.78 is 14.7. The van der Waals surface area contributed by atoms with Crippen molar-refractivity contribution in [3.8, 4) is 33.9 Å². The van der Waals surface area contributed by atoms with Crippen LogP contribution < -0.4 is 25.4 Å². The number of aliphatic hydroxyl groups excluding tert-OH is 1. The molecule has 1 aliphatic heterocycles. The molecule has 278 valence electrons. The van der Waals surface area contributed by atoms with Gasteiger partial charge in [-0.2, -0.15) is 0 Å². The summed E-state index contributed by atoms with van der Waals surface area (Å²) in [6.07, 6.45) is 6.23. The maximum Gasteiger partial charge on any atom is 0.306 e. The molecule has 0 saturated carbocycles. The molecule has 0 unspecified atom stereocenters. The molecule has 0 bridgehead atoms. The number of hydrogen-bond acceptors (Lipinski definition) is 10. The Hall–Kier alpha value is -5.01. The van der Waals surface area contributed by atoms with Crippen LogP contribution in [-0.4, -0.2) is 68.9 Å². The number of hydrogen-bond donors (Lipinski definition) is 5. The number of rotatable bonds is 16. The van der Waals surface area contributed by atoms with E-state index >= 15 is 0 Å². The minimum atomic E-state index is -1.07. The molecule has 0 amide bonds. The predicted octanol–water partition coefficient (Wildman–Crippen LogP) is 6.33. The lowest BCUT2D eigenvalue weighted by molar-refractivity contribution is -0.139. The Morgan fingerprint density at radius 2 is 1.72 bits per heavy atom. The smallest absolute Gasteiger partial charge is 0.306 e. The second kappa shape index (κ2) is 17.7. The Morgan fingerprint density at radius 1 is 0.981 bits per heavy atom. The topological polar surface area (TPSA) is 156 Å². The number of piperidine rings is 1. The number of anilines is 1. The lowest BCUT2D eigenvalue weighted by atomic mass is 9.91. The van der Waals surface area contributed by atoms with Gasteiger partial charge < -0.3 is 35.6 Å². The van der Waals surface area contributed by atoms with Crippen molar-refractivity contribution >= 4 is 23.3 Å². The number of halogens is 1. The van der Waals surface area contributed by atoms with Gasteiger partial charge >= 0.3 is 5.97 Å². The zero-order valence-corrected chi connectivity index (χ0v) is 31.0. The van der Waals surface area contributed by atoms with Crippen molar-refractivity contribution in [3.05, 3.63) is 106 Å². The predicted molar refractivity (Wildman–Crippen MR) is 205 cm³/mol. The number of nitrogens with one attached hydrogen (secondary N) is 3. The molecule has 1 aliphatic rings. The zero-order chi connectivity index (χ0) is 37.3. The number of benzene rings is 3. The minimum absolute atomic E-state index is 0.0896. The normalized spacial score (nSPS) is 13.8. The summed E-state index contributed by atoms with van der Waals surface area (Å²) in [5.41, 5.74) is 9.84. The number of aliphatic carboxylic acids is 1. The summed E-state index contributed by atoms with van der Waals surface area (Å²) in [5.74, 6) is -0.0733. The van der Waals surface area contributed by atoms with E-state index in [9.17, 15) is 9.90 Å². The van der Waals surface area contributed by atoms with E-state index in [-0.39, 0.29) is 32.7 Å². The van der Waals surface area contributed by atoms with Crippen molar-refractivity contribution in [2.75, 3.05) is 32.0 Å². The molecule has 1 fully saturated rings. The summed E-state index contributed by atoms with van der Waals surface area (Å²) >= 11 is 6.78. The van der Waals surface area contributed by atoms with Crippen LogP contribution in [0.1, 0.15) is 53.1 Å². The fraction of sp³-hybridized carbons (Fsp3) is 0.350. The highest BCUT2D eigenvalue weighted by atomic mass is 35.5. The molecule has 1 saturated heterocycles. The summed E-state index contributed by atoms with van der Waals surface area (Å²) in [6.45, 7) is 7.11. The first-order valence-electron chi connectivity index (χ1n) is 17.8. The van der Waals surface area contributed by atoms with Gasteiger partial charge in [0, 0.05) is 55.3 Å². The highest BCUT2D eigenvalue weighted by Crippen LogP contribution is 2.37. The summed E-state index contributed by atoms with van der Waals surface area (Å²) in [4.78, 5) is 15.3. The van der Waals surface area contributed by atoms with E-state index in [1.54, 1.807) is 24.5 Å². The van der Waals surface area contributed by atoms with Crippen molar-refractivity contribution in [3.63, 3.8) is 0 Å². The van der Waals surface area contributed by atoms with Gasteiger partial charge in [-0.05, 0) is 79.7 Å². The van der Waals surface area contributed by atoms with Crippen molar-refractivity contribution in [1.29, 1.82) is 0 Å². The molecule has 0 spiro atoms. The van der Waals surface area contributed by atoms with Gasteiger partial charge in [-0.1, -0.05) is 53.2 Å². The molecule has 3 aromatic carbocycles. The van der Waals surface area contributed by atoms with E-state index in [2.05, 4.69) is 81.6 Å². The van der Waals surface area contributed by atoms with E-state index in [4.69, 9.17) is 26.2 Å². The van der Waals surface area contributed by atoms with Crippen molar-refractivity contribution in [1.82, 2.24) is 30.6 Å². The van der Waals surface area contributed by atoms with Gasteiger partial charge in [-0.25, -0.2) is 4.68 Å². The monoisotopic (exact) mass is 739 g/mol. The lowest BCUT2D eigenvalue weighted by Gasteiger charge is -2.22. The number of carboxylic acids is 1. The molecule has 3 heterocycles. The van der Waals surface area contributed by atoms with Gasteiger partial charge in [-0.3, -0.25) is 9.78 Å². The minimum Gasteiger partial charge on any atom is -0.488 e. The van der Waals surface area contributed by atoms with Gasteiger partial charge in [0.1, 0.15) is 30.4 Å². The SMILES string of the molecule is CNc1cncc(COc2cc(OCc3cccc(-c4cccc(-c5cn(C6CCNCC6)nn5)c4C)c3C)c(Cl)cc2CNC[C@@H](O)CC(=O)O)c1. The second-order valence-corrected chi connectivity index (χ2v) is 13.7. The molecule has 53 heavy (non-hydrogen) atoms. The van der Waals surface area contributed by atoms with Crippen LogP contribution in [0.3, 0.4) is 0 Å². The average molecular weight is 740 g/mol. The molecule has 2 aromatic heterocycles. The molecule has 5 N–H and O–H groups in total. The molecule has 6 rings (SSSR count). The summed E-state index contributed by atoms with van der Waals surface area (Å²) in [7, 11) is 1.83. The second-order valence-electron chi connectivity index (χ2n) is 13.3. The molecular formula is C40H46ClN7O5. The molecule has 0 radical (unpaired) electrons. The van der Waals surface area contributed by atoms with E-state index in [0.717, 1.165) is 81.8 Å². The standard InChI is InChI=1S/C40H46ClN7O5/c1-25-28(6-4-7-33(25)34-8-5-9-35(26(34)2)37-22-48(47-46-37)31-10-12-43-13-11-31)24-53-39-17-38(52-23-27-14-30(42-3)20-44-18-27)29(15-36(39)41)19-45-21-32(49)16-40(50)51/h4-9,14-15,17-18,20,22,31-32,42-43,45,49H,10-13,16,19,21,23-24H2,1-3H3,(H,50,51)/t32-/m0/s1. The van der Waals surface area contributed by atoms with Crippen LogP contribution in [-0.2, 0) is 24.6 Å². The van der Waals surface area contributed by atoms with Crippen LogP contribution in [0, 0.1) is 13.8 Å². The third kappa shape index (κ3) is 9.51. The van der Waals surface area contributed by atoms with Crippen LogP contribution >= 0.6 is 11.6 Å². The van der Waals surface area contributed by atoms with E-state index in [1.165, 1.54) is 0 Å².